The Morgan fingerprint density at radius 2 is 2.16 bits per heavy atom. The van der Waals surface area contributed by atoms with Gasteiger partial charge >= 0.3 is 6.18 Å². The van der Waals surface area contributed by atoms with Crippen molar-refractivity contribution in [3.05, 3.63) is 62.2 Å². The number of thioether (sulfide) groups is 1. The van der Waals surface area contributed by atoms with E-state index in [4.69, 9.17) is 11.6 Å². The average molecular weight is 500 g/mol. The second-order valence-electron chi connectivity index (χ2n) is 7.16. The molecule has 1 N–H and O–H groups in total. The summed E-state index contributed by atoms with van der Waals surface area (Å²) >= 11 is 8.15. The standard InChI is InChI=1S/C21H17ClF3N3O2S2/c1-2-8-28-19(30)17-12-4-3-5-15(12)32-18(17)27-20(28)31-10-16(29)26-14-7-6-11(22)9-13(14)21(23,24)25/h2,6-7,9H,1,3-5,8,10H2,(H,26,29). The normalized spacial score (nSPS) is 13.4. The van der Waals surface area contributed by atoms with Gasteiger partial charge in [0.15, 0.2) is 5.16 Å². The van der Waals surface area contributed by atoms with E-state index in [-0.39, 0.29) is 28.6 Å². The number of carbonyl (C=O) groups is 1. The van der Waals surface area contributed by atoms with Crippen LogP contribution in [0.15, 0.2) is 40.8 Å². The lowest BCUT2D eigenvalue weighted by molar-refractivity contribution is -0.137. The number of nitrogens with zero attached hydrogens (tertiary/aromatic N) is 2. The Morgan fingerprint density at radius 3 is 2.88 bits per heavy atom. The van der Waals surface area contributed by atoms with Crippen molar-refractivity contribution in [2.45, 2.75) is 37.1 Å². The Balaban J connectivity index is 1.58. The highest BCUT2D eigenvalue weighted by molar-refractivity contribution is 7.99. The highest BCUT2D eigenvalue weighted by atomic mass is 35.5. The molecule has 2 aromatic heterocycles. The number of nitrogens with one attached hydrogen (secondary N) is 1. The summed E-state index contributed by atoms with van der Waals surface area (Å²) in [5.41, 5.74) is -0.542. The number of alkyl halides is 3. The molecule has 5 nitrogen and oxygen atoms in total. The van der Waals surface area contributed by atoms with E-state index in [9.17, 15) is 22.8 Å². The smallest absolute Gasteiger partial charge is 0.325 e. The minimum absolute atomic E-state index is 0.0847. The molecule has 1 aliphatic carbocycles. The van der Waals surface area contributed by atoms with Crippen LogP contribution in [0.25, 0.3) is 10.2 Å². The van der Waals surface area contributed by atoms with Crippen molar-refractivity contribution in [3.8, 4) is 0 Å². The van der Waals surface area contributed by atoms with Gasteiger partial charge in [0.1, 0.15) is 4.83 Å². The van der Waals surface area contributed by atoms with E-state index in [1.54, 1.807) is 6.08 Å². The van der Waals surface area contributed by atoms with E-state index in [1.807, 2.05) is 0 Å². The Morgan fingerprint density at radius 1 is 1.38 bits per heavy atom. The van der Waals surface area contributed by atoms with Crippen molar-refractivity contribution < 1.29 is 18.0 Å². The molecule has 0 saturated carbocycles. The summed E-state index contributed by atoms with van der Waals surface area (Å²) < 4.78 is 41.2. The zero-order chi connectivity index (χ0) is 23.0. The Bertz CT molecular complexity index is 1280. The van der Waals surface area contributed by atoms with Crippen molar-refractivity contribution in [2.24, 2.45) is 0 Å². The summed E-state index contributed by atoms with van der Waals surface area (Å²) in [7, 11) is 0. The number of hydrogen-bond acceptors (Lipinski definition) is 5. The number of rotatable bonds is 6. The van der Waals surface area contributed by atoms with Crippen LogP contribution in [0.1, 0.15) is 22.4 Å². The quantitative estimate of drug-likeness (QED) is 0.275. The summed E-state index contributed by atoms with van der Waals surface area (Å²) in [5.74, 6) is -0.879. The van der Waals surface area contributed by atoms with E-state index in [2.05, 4.69) is 16.9 Å². The molecule has 0 spiro atoms. The predicted molar refractivity (Wildman–Crippen MR) is 122 cm³/mol. The van der Waals surface area contributed by atoms with Gasteiger partial charge in [-0.3, -0.25) is 14.2 Å². The molecule has 0 saturated heterocycles. The third-order valence-electron chi connectivity index (χ3n) is 4.99. The SMILES string of the molecule is C=CCn1c(SCC(=O)Nc2ccc(Cl)cc2C(F)(F)F)nc2sc3c(c2c1=O)CCC3. The lowest BCUT2D eigenvalue weighted by Crippen LogP contribution is -2.24. The summed E-state index contributed by atoms with van der Waals surface area (Å²) in [4.78, 5) is 31.9. The fourth-order valence-corrected chi connectivity index (χ4v) is 5.92. The van der Waals surface area contributed by atoms with Gasteiger partial charge in [-0.1, -0.05) is 29.4 Å². The topological polar surface area (TPSA) is 64.0 Å². The average Bonchev–Trinajstić information content (AvgIpc) is 3.30. The Hall–Kier alpha value is -2.30. The van der Waals surface area contributed by atoms with Gasteiger partial charge in [-0.05, 0) is 43.0 Å². The number of benzene rings is 1. The van der Waals surface area contributed by atoms with Crippen molar-refractivity contribution in [3.63, 3.8) is 0 Å². The van der Waals surface area contributed by atoms with E-state index < -0.39 is 17.6 Å². The van der Waals surface area contributed by atoms with E-state index in [1.165, 1.54) is 22.0 Å². The zero-order valence-corrected chi connectivity index (χ0v) is 19.0. The van der Waals surface area contributed by atoms with Gasteiger partial charge in [0, 0.05) is 16.4 Å². The van der Waals surface area contributed by atoms with Crippen molar-refractivity contribution in [2.75, 3.05) is 11.1 Å². The van der Waals surface area contributed by atoms with Gasteiger partial charge in [-0.15, -0.1) is 17.9 Å². The lowest BCUT2D eigenvalue weighted by atomic mass is 10.1. The molecule has 0 radical (unpaired) electrons. The van der Waals surface area contributed by atoms with Gasteiger partial charge in [-0.2, -0.15) is 13.2 Å². The molecule has 11 heteroatoms. The number of halogens is 4. The van der Waals surface area contributed by atoms with Crippen molar-refractivity contribution in [1.82, 2.24) is 9.55 Å². The number of carbonyl (C=O) groups excluding carboxylic acids is 1. The first kappa shape index (κ1) is 22.9. The van der Waals surface area contributed by atoms with Crippen LogP contribution in [0.5, 0.6) is 0 Å². The Labute approximate surface area is 194 Å². The van der Waals surface area contributed by atoms with Crippen LogP contribution in [0.3, 0.4) is 0 Å². The number of amides is 1. The van der Waals surface area contributed by atoms with Crippen molar-refractivity contribution >= 4 is 56.5 Å². The molecule has 32 heavy (non-hydrogen) atoms. The minimum Gasteiger partial charge on any atom is -0.325 e. The van der Waals surface area contributed by atoms with Gasteiger partial charge in [-0.25, -0.2) is 4.98 Å². The maximum absolute atomic E-state index is 13.3. The first-order chi connectivity index (χ1) is 15.2. The molecular weight excluding hydrogens is 483 g/mol. The molecule has 0 fully saturated rings. The molecule has 0 aliphatic heterocycles. The number of allylic oxidation sites excluding steroid dienone is 1. The van der Waals surface area contributed by atoms with Gasteiger partial charge in [0.2, 0.25) is 5.91 Å². The number of aryl methyl sites for hydroxylation is 2. The van der Waals surface area contributed by atoms with Gasteiger partial charge in [0.05, 0.1) is 22.4 Å². The molecular formula is C21H17ClF3N3O2S2. The van der Waals surface area contributed by atoms with Crippen LogP contribution >= 0.6 is 34.7 Å². The second kappa shape index (κ2) is 8.92. The molecule has 0 unspecified atom stereocenters. The van der Waals surface area contributed by atoms with Crippen LogP contribution in [0.4, 0.5) is 18.9 Å². The van der Waals surface area contributed by atoms with E-state index in [0.717, 1.165) is 53.6 Å². The van der Waals surface area contributed by atoms with Crippen LogP contribution in [0.2, 0.25) is 5.02 Å². The third kappa shape index (κ3) is 4.44. The minimum atomic E-state index is -4.67. The maximum Gasteiger partial charge on any atom is 0.418 e. The first-order valence-electron chi connectivity index (χ1n) is 9.64. The molecule has 0 bridgehead atoms. The molecule has 2 heterocycles. The fourth-order valence-electron chi connectivity index (χ4n) is 3.63. The monoisotopic (exact) mass is 499 g/mol. The molecule has 0 atom stereocenters. The summed E-state index contributed by atoms with van der Waals surface area (Å²) in [6.45, 7) is 3.89. The zero-order valence-electron chi connectivity index (χ0n) is 16.6. The van der Waals surface area contributed by atoms with Gasteiger partial charge in [0.25, 0.3) is 5.56 Å². The second-order valence-corrected chi connectivity index (χ2v) is 9.62. The van der Waals surface area contributed by atoms with E-state index in [0.29, 0.717) is 15.4 Å². The van der Waals surface area contributed by atoms with E-state index >= 15 is 0 Å². The van der Waals surface area contributed by atoms with Crippen LogP contribution < -0.4 is 10.9 Å². The predicted octanol–water partition coefficient (Wildman–Crippen LogP) is 5.54. The molecule has 3 aromatic rings. The summed E-state index contributed by atoms with van der Waals surface area (Å²) in [6, 6.07) is 3.14. The molecule has 1 aromatic carbocycles. The number of hydrogen-bond donors (Lipinski definition) is 1. The van der Waals surface area contributed by atoms with Crippen LogP contribution in [-0.4, -0.2) is 21.2 Å². The molecule has 1 aliphatic rings. The summed E-state index contributed by atoms with van der Waals surface area (Å²) in [5, 5.41) is 3.14. The van der Waals surface area contributed by atoms with Gasteiger partial charge < -0.3 is 5.32 Å². The lowest BCUT2D eigenvalue weighted by Gasteiger charge is -2.14. The number of aromatic nitrogens is 2. The largest absolute Gasteiger partial charge is 0.418 e. The highest BCUT2D eigenvalue weighted by Gasteiger charge is 2.34. The maximum atomic E-state index is 13.3. The molecule has 168 valence electrons. The number of thiophene rings is 1. The fraction of sp³-hybridized carbons (Fsp3) is 0.286. The van der Waals surface area contributed by atoms with Crippen LogP contribution in [-0.2, 0) is 30.4 Å². The Kier molecular flexibility index (Phi) is 6.37. The molecule has 1 amide bonds. The first-order valence-corrected chi connectivity index (χ1v) is 11.8. The molecule has 4 rings (SSSR count). The number of anilines is 1. The highest BCUT2D eigenvalue weighted by Crippen LogP contribution is 2.37. The third-order valence-corrected chi connectivity index (χ3v) is 7.39. The van der Waals surface area contributed by atoms with Crippen molar-refractivity contribution in [1.29, 1.82) is 0 Å². The number of fused-ring (bicyclic) bond motifs is 3. The summed E-state index contributed by atoms with van der Waals surface area (Å²) in [6.07, 6.45) is -0.325. The van der Waals surface area contributed by atoms with Crippen LogP contribution in [0, 0.1) is 0 Å².